The standard InChI is InChI=1S/C36H45N7O5Si/c1-49(2,3)18-17-48-24-43-32(20-30-33(38-23-39-34(30)43)27-11-15-47-16-12-27)26-6-8-28(9-7-26)40-35(44)31-19-25(10-13-37-31)21-42-14-4-5-29(22-42)41-36(45)46/h6-11,13,19-20,23,29,41H,4-5,12,14-18,21-22,24H2,1-3H3,(H,40,44)(H,45,46)/t29-/m1/s1. The summed E-state index contributed by atoms with van der Waals surface area (Å²) in [7, 11) is -1.25. The molecule has 258 valence electrons. The summed E-state index contributed by atoms with van der Waals surface area (Å²) in [6, 6.07) is 14.6. The Balaban J connectivity index is 1.18. The van der Waals surface area contributed by atoms with E-state index < -0.39 is 14.2 Å². The van der Waals surface area contributed by atoms with E-state index in [1.807, 2.05) is 30.3 Å². The van der Waals surface area contributed by atoms with Gasteiger partial charge in [-0.3, -0.25) is 14.7 Å². The Labute approximate surface area is 287 Å². The Bertz CT molecular complexity index is 1820. The Morgan fingerprint density at radius 3 is 2.69 bits per heavy atom. The number of anilines is 1. The highest BCUT2D eigenvalue weighted by molar-refractivity contribution is 6.76. The lowest BCUT2D eigenvalue weighted by molar-refractivity contribution is 0.0909. The molecule has 0 saturated carbocycles. The number of hydrogen-bond donors (Lipinski definition) is 3. The monoisotopic (exact) mass is 683 g/mol. The van der Waals surface area contributed by atoms with Crippen molar-refractivity contribution in [3.63, 3.8) is 0 Å². The van der Waals surface area contributed by atoms with Crippen LogP contribution in [0, 0.1) is 0 Å². The van der Waals surface area contributed by atoms with Crippen molar-refractivity contribution in [3.8, 4) is 11.3 Å². The SMILES string of the molecule is C[Si](C)(C)CCOCn1c(-c2ccc(NC(=O)c3cc(CN4CCC[C@@H](NC(=O)O)C4)ccn3)cc2)cc2c(C3=CCOCC3)ncnc21. The van der Waals surface area contributed by atoms with Gasteiger partial charge in [-0.1, -0.05) is 37.8 Å². The number of hydrogen-bond acceptors (Lipinski definition) is 8. The van der Waals surface area contributed by atoms with Crippen LogP contribution in [0.2, 0.25) is 25.7 Å². The second-order valence-electron chi connectivity index (χ2n) is 13.9. The largest absolute Gasteiger partial charge is 0.465 e. The number of carbonyl (C=O) groups excluding carboxylic acids is 1. The molecule has 5 heterocycles. The van der Waals surface area contributed by atoms with Crippen LogP contribution in [0.25, 0.3) is 27.9 Å². The number of amides is 2. The second kappa shape index (κ2) is 15.4. The van der Waals surface area contributed by atoms with Gasteiger partial charge in [0, 0.05) is 51.1 Å². The molecule has 2 aliphatic rings. The Hall–Kier alpha value is -4.43. The first-order valence-electron chi connectivity index (χ1n) is 16.9. The molecule has 0 unspecified atom stereocenters. The number of benzene rings is 1. The molecule has 0 aliphatic carbocycles. The molecule has 6 rings (SSSR count). The average Bonchev–Trinajstić information content (AvgIpc) is 3.45. The Morgan fingerprint density at radius 2 is 1.94 bits per heavy atom. The predicted octanol–water partition coefficient (Wildman–Crippen LogP) is 6.09. The summed E-state index contributed by atoms with van der Waals surface area (Å²) in [5.41, 5.74) is 6.76. The van der Waals surface area contributed by atoms with Crippen molar-refractivity contribution in [2.24, 2.45) is 0 Å². The molecule has 1 saturated heterocycles. The second-order valence-corrected chi connectivity index (χ2v) is 19.5. The maximum atomic E-state index is 13.3. The van der Waals surface area contributed by atoms with Crippen molar-refractivity contribution < 1.29 is 24.2 Å². The van der Waals surface area contributed by atoms with Gasteiger partial charge in [0.15, 0.2) is 0 Å². The molecule has 2 amide bonds. The molecule has 3 N–H and O–H groups in total. The zero-order chi connectivity index (χ0) is 34.4. The number of nitrogens with zero attached hydrogens (tertiary/aromatic N) is 5. The zero-order valence-electron chi connectivity index (χ0n) is 28.4. The zero-order valence-corrected chi connectivity index (χ0v) is 29.4. The molecule has 0 radical (unpaired) electrons. The lowest BCUT2D eigenvalue weighted by Crippen LogP contribution is -2.46. The van der Waals surface area contributed by atoms with Crippen LogP contribution in [0.3, 0.4) is 0 Å². The summed E-state index contributed by atoms with van der Waals surface area (Å²) in [5, 5.41) is 15.6. The molecule has 0 bridgehead atoms. The summed E-state index contributed by atoms with van der Waals surface area (Å²) >= 11 is 0. The highest BCUT2D eigenvalue weighted by atomic mass is 28.3. The van der Waals surface area contributed by atoms with Gasteiger partial charge in [-0.15, -0.1) is 0 Å². The first kappa shape index (κ1) is 34.4. The number of rotatable bonds is 12. The number of carbonyl (C=O) groups is 2. The van der Waals surface area contributed by atoms with E-state index in [0.29, 0.717) is 51.0 Å². The molecule has 1 atom stereocenters. The van der Waals surface area contributed by atoms with E-state index in [-0.39, 0.29) is 11.9 Å². The molecule has 2 aliphatic heterocycles. The molecule has 12 nitrogen and oxygen atoms in total. The van der Waals surface area contributed by atoms with Crippen LogP contribution in [0.4, 0.5) is 10.5 Å². The summed E-state index contributed by atoms with van der Waals surface area (Å²) in [4.78, 5) is 40.2. The summed E-state index contributed by atoms with van der Waals surface area (Å²) in [6.45, 7) is 11.5. The van der Waals surface area contributed by atoms with E-state index in [9.17, 15) is 9.59 Å². The smallest absolute Gasteiger partial charge is 0.404 e. The van der Waals surface area contributed by atoms with Crippen LogP contribution in [0.1, 0.15) is 41.0 Å². The molecule has 49 heavy (non-hydrogen) atoms. The first-order chi connectivity index (χ1) is 23.6. The number of fused-ring (bicyclic) bond motifs is 1. The van der Waals surface area contributed by atoms with Gasteiger partial charge < -0.3 is 29.8 Å². The van der Waals surface area contributed by atoms with Crippen LogP contribution in [0.15, 0.2) is 61.1 Å². The van der Waals surface area contributed by atoms with E-state index in [0.717, 1.165) is 71.0 Å². The summed E-state index contributed by atoms with van der Waals surface area (Å²) in [5.74, 6) is -0.298. The van der Waals surface area contributed by atoms with Gasteiger partial charge in [-0.05, 0) is 78.9 Å². The molecular formula is C36H45N7O5Si. The summed E-state index contributed by atoms with van der Waals surface area (Å²) in [6.07, 6.45) is 6.89. The lowest BCUT2D eigenvalue weighted by atomic mass is 10.0. The van der Waals surface area contributed by atoms with Crippen LogP contribution in [-0.4, -0.2) is 88.6 Å². The van der Waals surface area contributed by atoms with E-state index in [4.69, 9.17) is 14.6 Å². The number of aromatic nitrogens is 4. The van der Waals surface area contributed by atoms with Gasteiger partial charge in [0.25, 0.3) is 5.91 Å². The van der Waals surface area contributed by atoms with Gasteiger partial charge in [0.05, 0.1) is 24.6 Å². The third-order valence-corrected chi connectivity index (χ3v) is 10.6. The van der Waals surface area contributed by atoms with Crippen molar-refractivity contribution in [1.82, 2.24) is 29.7 Å². The van der Waals surface area contributed by atoms with Crippen molar-refractivity contribution in [3.05, 3.63) is 78.0 Å². The molecule has 3 aromatic heterocycles. The maximum absolute atomic E-state index is 13.3. The number of pyridine rings is 1. The summed E-state index contributed by atoms with van der Waals surface area (Å²) < 4.78 is 13.9. The van der Waals surface area contributed by atoms with Gasteiger partial charge >= 0.3 is 6.09 Å². The molecule has 4 aromatic rings. The maximum Gasteiger partial charge on any atom is 0.404 e. The topological polar surface area (TPSA) is 144 Å². The minimum absolute atomic E-state index is 0.0954. The van der Waals surface area contributed by atoms with E-state index in [1.54, 1.807) is 18.6 Å². The molecule has 0 spiro atoms. The minimum Gasteiger partial charge on any atom is -0.465 e. The molecule has 13 heteroatoms. The number of likely N-dealkylation sites (tertiary alicyclic amines) is 1. The van der Waals surface area contributed by atoms with Gasteiger partial charge in [0.1, 0.15) is 24.4 Å². The minimum atomic E-state index is -1.25. The lowest BCUT2D eigenvalue weighted by Gasteiger charge is -2.32. The quantitative estimate of drug-likeness (QED) is 0.119. The van der Waals surface area contributed by atoms with E-state index in [2.05, 4.69) is 66.8 Å². The van der Waals surface area contributed by atoms with Crippen molar-refractivity contribution >= 4 is 42.4 Å². The van der Waals surface area contributed by atoms with Crippen molar-refractivity contribution in [1.29, 1.82) is 0 Å². The Kier molecular flexibility index (Phi) is 10.8. The molecular weight excluding hydrogens is 639 g/mol. The predicted molar refractivity (Wildman–Crippen MR) is 192 cm³/mol. The number of ether oxygens (including phenoxy) is 2. The molecule has 1 fully saturated rings. The van der Waals surface area contributed by atoms with Crippen molar-refractivity contribution in [2.75, 3.05) is 38.2 Å². The van der Waals surface area contributed by atoms with Crippen molar-refractivity contribution in [2.45, 2.75) is 64.3 Å². The van der Waals surface area contributed by atoms with Gasteiger partial charge in [-0.25, -0.2) is 14.8 Å². The number of carboxylic acid groups (broad SMARTS) is 1. The third-order valence-electron chi connectivity index (χ3n) is 8.91. The highest BCUT2D eigenvalue weighted by Crippen LogP contribution is 2.33. The first-order valence-corrected chi connectivity index (χ1v) is 20.6. The van der Waals surface area contributed by atoms with Crippen LogP contribution >= 0.6 is 0 Å². The fraction of sp³-hybridized carbons (Fsp3) is 0.417. The van der Waals surface area contributed by atoms with Crippen LogP contribution < -0.4 is 10.6 Å². The van der Waals surface area contributed by atoms with Crippen LogP contribution in [0.5, 0.6) is 0 Å². The van der Waals surface area contributed by atoms with Gasteiger partial charge in [0.2, 0.25) is 0 Å². The van der Waals surface area contributed by atoms with Gasteiger partial charge in [-0.2, -0.15) is 0 Å². The Morgan fingerprint density at radius 1 is 1.10 bits per heavy atom. The fourth-order valence-electron chi connectivity index (χ4n) is 6.33. The fourth-order valence-corrected chi connectivity index (χ4v) is 7.09. The van der Waals surface area contributed by atoms with E-state index in [1.165, 1.54) is 0 Å². The molecule has 1 aromatic carbocycles. The third kappa shape index (κ3) is 8.98. The normalized spacial score (nSPS) is 17.1. The number of piperidine rings is 1. The average molecular weight is 684 g/mol. The van der Waals surface area contributed by atoms with Crippen LogP contribution in [-0.2, 0) is 22.7 Å². The highest BCUT2D eigenvalue weighted by Gasteiger charge is 2.22. The number of nitrogens with one attached hydrogen (secondary N) is 2. The van der Waals surface area contributed by atoms with E-state index >= 15 is 0 Å².